The minimum absolute atomic E-state index is 0. The summed E-state index contributed by atoms with van der Waals surface area (Å²) in [6, 6.07) is 12.8. The van der Waals surface area contributed by atoms with Crippen molar-refractivity contribution in [1.29, 1.82) is 0 Å². The molecule has 0 N–H and O–H groups in total. The Morgan fingerprint density at radius 3 is 0.681 bits per heavy atom. The van der Waals surface area contributed by atoms with Crippen molar-refractivity contribution in [2.24, 2.45) is 5.41 Å². The molecule has 6 nitrogen and oxygen atoms in total. The minimum Gasteiger partial charge on any atom is -0.872 e. The van der Waals surface area contributed by atoms with Crippen LogP contribution in [0.5, 0.6) is 17.2 Å². The monoisotopic (exact) mass is 1170 g/mol. The summed E-state index contributed by atoms with van der Waals surface area (Å²) in [7, 11) is 0. The molecule has 3 aromatic carbocycles. The molecular weight excluding hydrogens is 1070 g/mol. The molecule has 2 fully saturated rings. The minimum atomic E-state index is -0.276. The molecule has 5 rings (SSSR count). The molecule has 387 valence electrons. The summed E-state index contributed by atoms with van der Waals surface area (Å²) in [5, 5.41) is 42.6. The third kappa shape index (κ3) is 19.7. The van der Waals surface area contributed by atoms with Gasteiger partial charge >= 0.3 is 31.1 Å². The van der Waals surface area contributed by atoms with Crippen LogP contribution in [0.1, 0.15) is 241 Å². The molecule has 3 aromatic rings. The van der Waals surface area contributed by atoms with Gasteiger partial charge in [0, 0.05) is 58.9 Å². The van der Waals surface area contributed by atoms with E-state index in [1.54, 1.807) is 0 Å². The largest absolute Gasteiger partial charge is 3.00 e. The normalized spacial score (nSPS) is 16.6. The molecule has 0 amide bonds. The van der Waals surface area contributed by atoms with Gasteiger partial charge < -0.3 is 15.3 Å². The van der Waals surface area contributed by atoms with Gasteiger partial charge in [0.2, 0.25) is 0 Å². The Bertz CT molecular complexity index is 1830. The van der Waals surface area contributed by atoms with Crippen LogP contribution < -0.4 is 15.3 Å². The van der Waals surface area contributed by atoms with Crippen LogP contribution in [0, 0.1) is 36.5 Å². The van der Waals surface area contributed by atoms with Crippen molar-refractivity contribution < 1.29 is 46.4 Å². The zero-order chi connectivity index (χ0) is 52.0. The van der Waals surface area contributed by atoms with Gasteiger partial charge in [-0.1, -0.05) is 227 Å². The second-order valence-corrected chi connectivity index (χ2v) is 28.0. The molecule has 1 aliphatic carbocycles. The first kappa shape index (κ1) is 63.1. The predicted octanol–water partition coefficient (Wildman–Crippen LogP) is 13.9. The maximum Gasteiger partial charge on any atom is 3.00 e. The molecule has 69 heavy (non-hydrogen) atoms. The van der Waals surface area contributed by atoms with Crippen molar-refractivity contribution >= 4 is 0 Å². The van der Waals surface area contributed by atoms with E-state index in [4.69, 9.17) is 0 Å². The van der Waals surface area contributed by atoms with Gasteiger partial charge in [-0.15, -0.1) is 17.2 Å². The van der Waals surface area contributed by atoms with E-state index in [0.29, 0.717) is 25.0 Å². The number of benzene rings is 3. The zero-order valence-electron chi connectivity index (χ0n) is 48.6. The molecule has 1 radical (unpaired) electrons. The molecule has 0 atom stereocenters. The SMILES string of the molecule is C1CCCC1.CC(C)(C)c1cc(CN2CCN(Cc3cc(C(C)(C)C)cc(C(C)(C)C)c3[O-])CCN(Cc3cc(C(C)(C)C)cc(C(C)(C)C)c3[O-])CC2)c([O-])c(C(C)(C)C)c1.CCC(C)(C)C.[U+3]. The van der Waals surface area contributed by atoms with E-state index in [1.807, 2.05) is 0 Å². The van der Waals surface area contributed by atoms with Crippen molar-refractivity contribution in [3.63, 3.8) is 0 Å². The number of rotatable bonds is 6. The van der Waals surface area contributed by atoms with E-state index in [1.165, 1.54) is 55.2 Å². The first-order valence-electron chi connectivity index (χ1n) is 26.5. The Morgan fingerprint density at radius 2 is 0.536 bits per heavy atom. The van der Waals surface area contributed by atoms with Gasteiger partial charge in [-0.3, -0.25) is 14.7 Å². The summed E-state index contributed by atoms with van der Waals surface area (Å²) >= 11 is 0. The molecular formula is C62H102N3O3U. The fraction of sp³-hybridized carbons (Fsp3) is 0.710. The number of hydrogen-bond acceptors (Lipinski definition) is 6. The maximum atomic E-state index is 14.2. The average molecular weight is 1180 g/mol. The second-order valence-electron chi connectivity index (χ2n) is 28.0. The van der Waals surface area contributed by atoms with Gasteiger partial charge in [0.05, 0.1) is 0 Å². The van der Waals surface area contributed by atoms with E-state index in [2.05, 4.69) is 203 Å². The quantitative estimate of drug-likeness (QED) is 0.245. The zero-order valence-corrected chi connectivity index (χ0v) is 52.8. The van der Waals surface area contributed by atoms with Crippen molar-refractivity contribution in [3.8, 4) is 17.2 Å². The van der Waals surface area contributed by atoms with E-state index in [9.17, 15) is 15.3 Å². The summed E-state index contributed by atoms with van der Waals surface area (Å²) in [5.41, 5.74) is 8.08. The van der Waals surface area contributed by atoms with Crippen LogP contribution in [0.2, 0.25) is 0 Å². The predicted molar refractivity (Wildman–Crippen MR) is 289 cm³/mol. The molecule has 1 heterocycles. The molecule has 0 aromatic heterocycles. The molecule has 1 aliphatic heterocycles. The summed E-state index contributed by atoms with van der Waals surface area (Å²) in [4.78, 5) is 7.28. The fourth-order valence-electron chi connectivity index (χ4n) is 8.65. The third-order valence-electron chi connectivity index (χ3n) is 14.2. The molecule has 0 bridgehead atoms. The van der Waals surface area contributed by atoms with E-state index in [-0.39, 0.29) is 80.9 Å². The molecule has 7 heteroatoms. The average Bonchev–Trinajstić information content (AvgIpc) is 3.79. The molecule has 0 spiro atoms. The molecule has 2 aliphatic rings. The van der Waals surface area contributed by atoms with Gasteiger partial charge in [0.1, 0.15) is 0 Å². The van der Waals surface area contributed by atoms with Crippen LogP contribution in [0.4, 0.5) is 0 Å². The van der Waals surface area contributed by atoms with Gasteiger partial charge in [-0.05, 0) is 88.0 Å². The van der Waals surface area contributed by atoms with Gasteiger partial charge in [-0.25, -0.2) is 0 Å². The summed E-state index contributed by atoms with van der Waals surface area (Å²) in [6.07, 6.45) is 8.77. The summed E-state index contributed by atoms with van der Waals surface area (Å²) < 4.78 is 0. The standard InChI is InChI=1S/C51H81N3O3.C6H14.C5H10.U/c1-46(2,3)37-25-34(43(55)40(28-37)49(10,11)12)31-52-19-21-53(32-35-26-38(47(4,5)6)29-41(44(35)56)50(13,14)15)23-24-54(22-20-52)33-36-27-39(48(7,8)9)30-42(45(36)57)51(16,17)18;1-5-6(2,3)4;1-2-4-5-3-1;/h25-30,55-57H,19-24,31-33H2,1-18H3;5H2,1-4H3;1-5H2;/q;;;+3/p-3. The molecule has 0 unspecified atom stereocenters. The van der Waals surface area contributed by atoms with Crippen LogP contribution in [-0.2, 0) is 52.1 Å². The van der Waals surface area contributed by atoms with E-state index >= 15 is 0 Å². The Kier molecular flexibility index (Phi) is 22.7. The summed E-state index contributed by atoms with van der Waals surface area (Å²) in [6.45, 7) is 54.3. The summed E-state index contributed by atoms with van der Waals surface area (Å²) in [5.74, 6) is 0.412. The Morgan fingerprint density at radius 1 is 0.348 bits per heavy atom. The molecule has 1 saturated carbocycles. The van der Waals surface area contributed by atoms with E-state index < -0.39 is 0 Å². The van der Waals surface area contributed by atoms with Crippen LogP contribution >= 0.6 is 0 Å². The Hall–Kier alpha value is -2.01. The van der Waals surface area contributed by atoms with Crippen LogP contribution in [0.3, 0.4) is 0 Å². The van der Waals surface area contributed by atoms with Gasteiger partial charge in [-0.2, -0.15) is 0 Å². The third-order valence-corrected chi connectivity index (χ3v) is 14.2. The van der Waals surface area contributed by atoms with Crippen LogP contribution in [0.25, 0.3) is 0 Å². The second kappa shape index (κ2) is 24.8. The van der Waals surface area contributed by atoms with Crippen molar-refractivity contribution in [2.75, 3.05) is 39.3 Å². The van der Waals surface area contributed by atoms with Crippen LogP contribution in [0.15, 0.2) is 36.4 Å². The topological polar surface area (TPSA) is 78.9 Å². The van der Waals surface area contributed by atoms with Crippen LogP contribution in [-0.4, -0.2) is 54.0 Å². The maximum absolute atomic E-state index is 14.2. The first-order valence-corrected chi connectivity index (χ1v) is 26.5. The smallest absolute Gasteiger partial charge is 0.872 e. The fourth-order valence-corrected chi connectivity index (χ4v) is 8.65. The Labute approximate surface area is 449 Å². The van der Waals surface area contributed by atoms with Crippen molar-refractivity contribution in [1.82, 2.24) is 14.7 Å². The van der Waals surface area contributed by atoms with E-state index in [0.717, 1.165) is 72.6 Å². The van der Waals surface area contributed by atoms with Crippen molar-refractivity contribution in [3.05, 3.63) is 86.5 Å². The van der Waals surface area contributed by atoms with Crippen molar-refractivity contribution in [2.45, 2.75) is 243 Å². The van der Waals surface area contributed by atoms with Gasteiger partial charge in [0.15, 0.2) is 0 Å². The number of nitrogens with zero attached hydrogens (tertiary/aromatic N) is 3. The molecule has 1 saturated heterocycles. The van der Waals surface area contributed by atoms with Gasteiger partial charge in [0.25, 0.3) is 0 Å². The first-order chi connectivity index (χ1) is 30.8. The number of hydrogen-bond donors (Lipinski definition) is 0. The Balaban J connectivity index is 0.00000120.